The minimum Gasteiger partial charge on any atom is -0.310 e. The lowest BCUT2D eigenvalue weighted by molar-refractivity contribution is 0.560. The summed E-state index contributed by atoms with van der Waals surface area (Å²) >= 11 is 0. The molecule has 1 nitrogen and oxygen atoms in total. The Morgan fingerprint density at radius 3 is 1.63 bits per heavy atom. The molecule has 8 aromatic rings. The van der Waals surface area contributed by atoms with Crippen LogP contribution in [-0.2, 0) is 16.2 Å². The second kappa shape index (κ2) is 13.8. The molecule has 0 saturated heterocycles. The first-order valence-electron chi connectivity index (χ1n) is 22.7. The van der Waals surface area contributed by atoms with E-state index in [-0.39, 0.29) is 16.2 Å². The Morgan fingerprint density at radius 1 is 0.397 bits per heavy atom. The lowest BCUT2D eigenvalue weighted by Gasteiger charge is -2.47. The van der Waals surface area contributed by atoms with Crippen LogP contribution in [0.1, 0.15) is 85.5 Å². The molecular weight excluding hydrogens is 759 g/mol. The Balaban J connectivity index is 0.945. The summed E-state index contributed by atoms with van der Waals surface area (Å²) in [7, 11) is 0. The molecule has 12 rings (SSSR count). The van der Waals surface area contributed by atoms with Gasteiger partial charge in [-0.25, -0.2) is 0 Å². The molecule has 1 unspecified atom stereocenters. The summed E-state index contributed by atoms with van der Waals surface area (Å²) in [6.45, 7) is 11.9. The Labute approximate surface area is 372 Å². The van der Waals surface area contributed by atoms with E-state index in [1.54, 1.807) is 0 Å². The molecule has 8 aromatic carbocycles. The average Bonchev–Trinajstić information content (AvgIpc) is 3.75. The van der Waals surface area contributed by atoms with Gasteiger partial charge in [-0.05, 0) is 150 Å². The van der Waals surface area contributed by atoms with Gasteiger partial charge in [0.25, 0.3) is 0 Å². The van der Waals surface area contributed by atoms with Crippen LogP contribution < -0.4 is 4.90 Å². The number of benzene rings is 8. The Bertz CT molecular complexity index is 3160. The first-order chi connectivity index (χ1) is 30.7. The maximum Gasteiger partial charge on any atom is 0.0716 e. The predicted octanol–water partition coefficient (Wildman–Crippen LogP) is 16.1. The number of hydrogen-bond acceptors (Lipinski definition) is 1. The molecule has 0 radical (unpaired) electrons. The zero-order valence-electron chi connectivity index (χ0n) is 36.8. The van der Waals surface area contributed by atoms with E-state index in [0.717, 1.165) is 23.5 Å². The number of fused-ring (bicyclic) bond motifs is 11. The van der Waals surface area contributed by atoms with Gasteiger partial charge >= 0.3 is 0 Å². The zero-order chi connectivity index (χ0) is 42.7. The van der Waals surface area contributed by atoms with Crippen molar-refractivity contribution in [3.05, 3.63) is 250 Å². The van der Waals surface area contributed by atoms with Crippen LogP contribution in [0.2, 0.25) is 0 Å². The smallest absolute Gasteiger partial charge is 0.0716 e. The van der Waals surface area contributed by atoms with Gasteiger partial charge in [0, 0.05) is 27.9 Å². The monoisotopic (exact) mass is 809 g/mol. The van der Waals surface area contributed by atoms with Gasteiger partial charge in [0.05, 0.1) is 5.41 Å². The number of allylic oxidation sites excluding steroid dienone is 4. The molecule has 0 aliphatic heterocycles. The third-order valence-corrected chi connectivity index (χ3v) is 15.2. The molecule has 0 N–H and O–H groups in total. The van der Waals surface area contributed by atoms with Crippen molar-refractivity contribution in [2.45, 2.75) is 57.3 Å². The molecule has 0 saturated carbocycles. The van der Waals surface area contributed by atoms with Gasteiger partial charge in [0.15, 0.2) is 0 Å². The maximum atomic E-state index is 2.54. The van der Waals surface area contributed by atoms with Crippen LogP contribution in [0.5, 0.6) is 0 Å². The normalized spacial score (nSPS) is 17.6. The van der Waals surface area contributed by atoms with Crippen molar-refractivity contribution in [1.29, 1.82) is 0 Å². The number of rotatable bonds is 5. The van der Waals surface area contributed by atoms with Crippen LogP contribution in [0.25, 0.3) is 39.0 Å². The Morgan fingerprint density at radius 2 is 0.921 bits per heavy atom. The van der Waals surface area contributed by atoms with Gasteiger partial charge in [-0.1, -0.05) is 186 Å². The third-order valence-electron chi connectivity index (χ3n) is 15.2. The summed E-state index contributed by atoms with van der Waals surface area (Å²) in [5, 5.41) is 0. The number of hydrogen-bond donors (Lipinski definition) is 0. The van der Waals surface area contributed by atoms with Crippen molar-refractivity contribution >= 4 is 22.6 Å². The standard InChI is InChI=1S/C62H51N/c1-40-17-15-28-56-59(40)50-35-31-44(38-58(50)62(56)54-26-13-11-24-52(54)61(4,5)53-25-12-14-27-55(53)62)43-19-16-18-42(37-43)41-29-32-46(33-30-41)63(45-20-7-6-8-21-45)47-34-36-49-48-22-9-10-23-51(48)60(2,3)57(49)39-47/h6-16,18-40H,17H2,1-5H3. The van der Waals surface area contributed by atoms with Crippen molar-refractivity contribution in [2.24, 2.45) is 5.92 Å². The van der Waals surface area contributed by atoms with Gasteiger partial charge in [-0.2, -0.15) is 0 Å². The van der Waals surface area contributed by atoms with Crippen molar-refractivity contribution in [3.63, 3.8) is 0 Å². The SMILES string of the molecule is CC1CC=CC2=C1c1ccc(-c3cccc(-c4ccc(N(c5ccccc5)c5ccc6c(c5)C(C)(C)c5ccccc5-6)cc4)c3)cc1C21c2ccccc2C(C)(C)c2ccccc21. The second-order valence-electron chi connectivity index (χ2n) is 19.3. The van der Waals surface area contributed by atoms with E-state index in [1.165, 1.54) is 89.0 Å². The van der Waals surface area contributed by atoms with Crippen LogP contribution in [0, 0.1) is 5.92 Å². The Hall–Kier alpha value is -6.96. The quantitative estimate of drug-likeness (QED) is 0.167. The highest BCUT2D eigenvalue weighted by Crippen LogP contribution is 2.63. The predicted molar refractivity (Wildman–Crippen MR) is 264 cm³/mol. The highest BCUT2D eigenvalue weighted by molar-refractivity contribution is 5.93. The molecule has 0 heterocycles. The molecule has 0 amide bonds. The molecule has 4 aliphatic rings. The Kier molecular flexibility index (Phi) is 8.26. The van der Waals surface area contributed by atoms with E-state index in [0.29, 0.717) is 5.92 Å². The second-order valence-corrected chi connectivity index (χ2v) is 19.3. The molecule has 4 aliphatic carbocycles. The molecule has 0 aromatic heterocycles. The van der Waals surface area contributed by atoms with Crippen LogP contribution in [0.3, 0.4) is 0 Å². The molecular formula is C62H51N. The lowest BCUT2D eigenvalue weighted by Crippen LogP contribution is -2.41. The summed E-state index contributed by atoms with van der Waals surface area (Å²) in [5.74, 6) is 0.444. The molecule has 1 atom stereocenters. The number of para-hydroxylation sites is 1. The zero-order valence-corrected chi connectivity index (χ0v) is 36.8. The summed E-state index contributed by atoms with van der Waals surface area (Å²) in [5.41, 5.74) is 24.7. The van der Waals surface area contributed by atoms with Crippen molar-refractivity contribution < 1.29 is 0 Å². The van der Waals surface area contributed by atoms with Crippen molar-refractivity contribution in [3.8, 4) is 33.4 Å². The van der Waals surface area contributed by atoms with Crippen LogP contribution in [0.4, 0.5) is 17.1 Å². The van der Waals surface area contributed by atoms with Gasteiger partial charge in [0.1, 0.15) is 0 Å². The molecule has 1 spiro atoms. The van der Waals surface area contributed by atoms with E-state index in [9.17, 15) is 0 Å². The molecule has 0 bridgehead atoms. The molecule has 0 fully saturated rings. The van der Waals surface area contributed by atoms with Gasteiger partial charge in [-0.15, -0.1) is 0 Å². The fraction of sp³-hybridized carbons (Fsp3) is 0.161. The van der Waals surface area contributed by atoms with Crippen LogP contribution >= 0.6 is 0 Å². The van der Waals surface area contributed by atoms with E-state index in [2.05, 4.69) is 240 Å². The van der Waals surface area contributed by atoms with Gasteiger partial charge in [-0.3, -0.25) is 0 Å². The van der Waals surface area contributed by atoms with Crippen LogP contribution in [0.15, 0.2) is 206 Å². The van der Waals surface area contributed by atoms with E-state index in [1.807, 2.05) is 0 Å². The van der Waals surface area contributed by atoms with Crippen LogP contribution in [-0.4, -0.2) is 0 Å². The summed E-state index contributed by atoms with van der Waals surface area (Å²) < 4.78 is 0. The number of nitrogens with zero attached hydrogens (tertiary/aromatic N) is 1. The molecule has 63 heavy (non-hydrogen) atoms. The minimum absolute atomic E-state index is 0.0771. The first kappa shape index (κ1) is 37.8. The van der Waals surface area contributed by atoms with Crippen molar-refractivity contribution in [1.82, 2.24) is 0 Å². The number of anilines is 3. The largest absolute Gasteiger partial charge is 0.310 e. The highest BCUT2D eigenvalue weighted by atomic mass is 15.1. The first-order valence-corrected chi connectivity index (χ1v) is 22.7. The van der Waals surface area contributed by atoms with Crippen molar-refractivity contribution in [2.75, 3.05) is 4.90 Å². The summed E-state index contributed by atoms with van der Waals surface area (Å²) in [6, 6.07) is 70.9. The average molecular weight is 810 g/mol. The van der Waals surface area contributed by atoms with Gasteiger partial charge < -0.3 is 4.90 Å². The van der Waals surface area contributed by atoms with E-state index < -0.39 is 0 Å². The molecule has 1 heteroatoms. The van der Waals surface area contributed by atoms with Gasteiger partial charge in [0.2, 0.25) is 0 Å². The lowest BCUT2D eigenvalue weighted by atomic mass is 9.55. The maximum absolute atomic E-state index is 2.54. The summed E-state index contributed by atoms with van der Waals surface area (Å²) in [4.78, 5) is 2.40. The third kappa shape index (κ3) is 5.36. The van der Waals surface area contributed by atoms with E-state index in [4.69, 9.17) is 0 Å². The molecule has 304 valence electrons. The highest BCUT2D eigenvalue weighted by Gasteiger charge is 2.54. The fourth-order valence-corrected chi connectivity index (χ4v) is 12.1. The topological polar surface area (TPSA) is 3.24 Å². The fourth-order valence-electron chi connectivity index (χ4n) is 12.1. The summed E-state index contributed by atoms with van der Waals surface area (Å²) in [6.07, 6.45) is 5.95. The van der Waals surface area contributed by atoms with E-state index >= 15 is 0 Å². The minimum atomic E-state index is -0.384.